The van der Waals surface area contributed by atoms with Gasteiger partial charge in [-0.15, -0.1) is 11.3 Å². The van der Waals surface area contributed by atoms with Crippen LogP contribution in [0.5, 0.6) is 0 Å². The third kappa shape index (κ3) is 4.96. The molecule has 1 amide bonds. The predicted octanol–water partition coefficient (Wildman–Crippen LogP) is 2.95. The molecule has 0 spiro atoms. The number of hydrogen-bond acceptors (Lipinski definition) is 5. The molecule has 0 unspecified atom stereocenters. The lowest BCUT2D eigenvalue weighted by molar-refractivity contribution is -0.144. The Morgan fingerprint density at radius 1 is 1.27 bits per heavy atom. The van der Waals surface area contributed by atoms with Crippen LogP contribution in [0.1, 0.15) is 30.1 Å². The number of amides is 1. The Hall–Kier alpha value is -2.21. The van der Waals surface area contributed by atoms with E-state index >= 15 is 0 Å². The van der Waals surface area contributed by atoms with Crippen LogP contribution >= 0.6 is 11.3 Å². The highest BCUT2D eigenvalue weighted by atomic mass is 32.1. The van der Waals surface area contributed by atoms with Gasteiger partial charge in [0.1, 0.15) is 6.61 Å². The van der Waals surface area contributed by atoms with Crippen LogP contribution < -0.4 is 5.32 Å². The summed E-state index contributed by atoms with van der Waals surface area (Å²) in [4.78, 5) is 27.1. The summed E-state index contributed by atoms with van der Waals surface area (Å²) in [7, 11) is 0. The van der Waals surface area contributed by atoms with Gasteiger partial charge in [0.15, 0.2) is 0 Å². The molecular weight excluding hydrogens is 300 g/mol. The molecule has 0 radical (unpaired) electrons. The Balaban J connectivity index is 1.82. The number of rotatable bonds is 6. The summed E-state index contributed by atoms with van der Waals surface area (Å²) in [5.41, 5.74) is 2.34. The van der Waals surface area contributed by atoms with Crippen molar-refractivity contribution < 1.29 is 14.3 Å². The van der Waals surface area contributed by atoms with Gasteiger partial charge in [0.05, 0.1) is 17.1 Å². The number of aryl methyl sites for hydroxylation is 1. The zero-order chi connectivity index (χ0) is 15.9. The first-order valence-corrected chi connectivity index (χ1v) is 7.90. The van der Waals surface area contributed by atoms with Gasteiger partial charge >= 0.3 is 5.97 Å². The van der Waals surface area contributed by atoms with Gasteiger partial charge in [-0.25, -0.2) is 4.98 Å². The number of anilines is 1. The molecule has 0 aliphatic carbocycles. The number of carbonyl (C=O) groups excluding carboxylic acids is 2. The minimum atomic E-state index is -0.293. The predicted molar refractivity (Wildman–Crippen MR) is 85.7 cm³/mol. The molecule has 0 aliphatic heterocycles. The number of aromatic nitrogens is 1. The van der Waals surface area contributed by atoms with Gasteiger partial charge in [0.2, 0.25) is 5.91 Å². The molecule has 1 heterocycles. The van der Waals surface area contributed by atoms with E-state index in [9.17, 15) is 9.59 Å². The highest BCUT2D eigenvalue weighted by molar-refractivity contribution is 7.09. The second-order valence-corrected chi connectivity index (χ2v) is 5.74. The molecule has 0 atom stereocenters. The SMILES string of the molecule is CCc1nc(COC(=O)Cc2ccc(NC(C)=O)cc2)cs1. The van der Waals surface area contributed by atoms with Crippen molar-refractivity contribution in [3.8, 4) is 0 Å². The summed E-state index contributed by atoms with van der Waals surface area (Å²) >= 11 is 1.57. The first-order valence-electron chi connectivity index (χ1n) is 7.02. The summed E-state index contributed by atoms with van der Waals surface area (Å²) in [6, 6.07) is 7.12. The number of thiazole rings is 1. The normalized spacial score (nSPS) is 10.3. The number of nitrogens with zero attached hydrogens (tertiary/aromatic N) is 1. The molecule has 2 rings (SSSR count). The molecule has 0 saturated carbocycles. The minimum Gasteiger partial charge on any atom is -0.459 e. The van der Waals surface area contributed by atoms with E-state index < -0.39 is 0 Å². The van der Waals surface area contributed by atoms with Gasteiger partial charge < -0.3 is 10.1 Å². The number of nitrogens with one attached hydrogen (secondary N) is 1. The van der Waals surface area contributed by atoms with Gasteiger partial charge in [-0.3, -0.25) is 9.59 Å². The quantitative estimate of drug-likeness (QED) is 0.832. The van der Waals surface area contributed by atoms with Crippen LogP contribution in [0.2, 0.25) is 0 Å². The Bertz CT molecular complexity index is 650. The standard InChI is InChI=1S/C16H18N2O3S/c1-3-15-18-14(10-22-15)9-21-16(20)8-12-4-6-13(7-5-12)17-11(2)19/h4-7,10H,3,8-9H2,1-2H3,(H,17,19). The zero-order valence-electron chi connectivity index (χ0n) is 12.6. The van der Waals surface area contributed by atoms with E-state index in [2.05, 4.69) is 10.3 Å². The average molecular weight is 318 g/mol. The van der Waals surface area contributed by atoms with Crippen molar-refractivity contribution in [2.45, 2.75) is 33.3 Å². The highest BCUT2D eigenvalue weighted by Crippen LogP contribution is 2.13. The third-order valence-electron chi connectivity index (χ3n) is 2.91. The van der Waals surface area contributed by atoms with E-state index in [0.29, 0.717) is 5.69 Å². The van der Waals surface area contributed by atoms with Gasteiger partial charge in [0, 0.05) is 18.0 Å². The highest BCUT2D eigenvalue weighted by Gasteiger charge is 2.07. The van der Waals surface area contributed by atoms with Crippen molar-refractivity contribution in [1.29, 1.82) is 0 Å². The molecule has 1 N–H and O–H groups in total. The van der Waals surface area contributed by atoms with Crippen LogP contribution in [0.25, 0.3) is 0 Å². The van der Waals surface area contributed by atoms with Gasteiger partial charge in [0.25, 0.3) is 0 Å². The number of esters is 1. The molecule has 0 aliphatic rings. The molecular formula is C16H18N2O3S. The fraction of sp³-hybridized carbons (Fsp3) is 0.312. The van der Waals surface area contributed by atoms with Crippen molar-refractivity contribution in [2.24, 2.45) is 0 Å². The van der Waals surface area contributed by atoms with Crippen molar-refractivity contribution in [1.82, 2.24) is 4.98 Å². The summed E-state index contributed by atoms with van der Waals surface area (Å²) in [5, 5.41) is 5.63. The maximum atomic E-state index is 11.8. The van der Waals surface area contributed by atoms with Crippen molar-refractivity contribution >= 4 is 28.9 Å². The van der Waals surface area contributed by atoms with E-state index in [-0.39, 0.29) is 24.9 Å². The zero-order valence-corrected chi connectivity index (χ0v) is 13.4. The molecule has 0 fully saturated rings. The smallest absolute Gasteiger partial charge is 0.310 e. The van der Waals surface area contributed by atoms with Gasteiger partial charge in [-0.05, 0) is 24.1 Å². The molecule has 22 heavy (non-hydrogen) atoms. The van der Waals surface area contributed by atoms with Crippen LogP contribution in [0, 0.1) is 0 Å². The molecule has 6 heteroatoms. The second-order valence-electron chi connectivity index (χ2n) is 4.80. The van der Waals surface area contributed by atoms with E-state index in [0.717, 1.165) is 22.7 Å². The summed E-state index contributed by atoms with van der Waals surface area (Å²) in [6.07, 6.45) is 1.09. The van der Waals surface area contributed by atoms with Crippen molar-refractivity contribution in [3.05, 3.63) is 45.9 Å². The van der Waals surface area contributed by atoms with Gasteiger partial charge in [-0.2, -0.15) is 0 Å². The summed E-state index contributed by atoms with van der Waals surface area (Å²) < 4.78 is 5.22. The molecule has 116 valence electrons. The second kappa shape index (κ2) is 7.70. The first-order chi connectivity index (χ1) is 10.6. The first kappa shape index (κ1) is 16.2. The van der Waals surface area contributed by atoms with Crippen molar-refractivity contribution in [2.75, 3.05) is 5.32 Å². The monoisotopic (exact) mass is 318 g/mol. The molecule has 0 bridgehead atoms. The van der Waals surface area contributed by atoms with E-state index in [1.165, 1.54) is 6.92 Å². The molecule has 5 nitrogen and oxygen atoms in total. The Kier molecular flexibility index (Phi) is 5.66. The summed E-state index contributed by atoms with van der Waals surface area (Å²) in [5.74, 6) is -0.416. The Morgan fingerprint density at radius 3 is 2.59 bits per heavy atom. The van der Waals surface area contributed by atoms with Crippen LogP contribution in [0.15, 0.2) is 29.6 Å². The van der Waals surface area contributed by atoms with Crippen LogP contribution in [-0.4, -0.2) is 16.9 Å². The number of ether oxygens (including phenoxy) is 1. The topological polar surface area (TPSA) is 68.3 Å². The lowest BCUT2D eigenvalue weighted by Crippen LogP contribution is -2.09. The number of benzene rings is 1. The molecule has 1 aromatic carbocycles. The third-order valence-corrected chi connectivity index (χ3v) is 3.95. The van der Waals surface area contributed by atoms with Crippen LogP contribution in [-0.2, 0) is 33.8 Å². The van der Waals surface area contributed by atoms with Crippen LogP contribution in [0.4, 0.5) is 5.69 Å². The lowest BCUT2D eigenvalue weighted by atomic mass is 10.1. The Labute approximate surface area is 133 Å². The van der Waals surface area contributed by atoms with Crippen LogP contribution in [0.3, 0.4) is 0 Å². The lowest BCUT2D eigenvalue weighted by Gasteiger charge is -2.05. The van der Waals surface area contributed by atoms with E-state index in [1.807, 2.05) is 12.3 Å². The fourth-order valence-electron chi connectivity index (χ4n) is 1.86. The summed E-state index contributed by atoms with van der Waals surface area (Å²) in [6.45, 7) is 3.70. The molecule has 2 aromatic rings. The molecule has 0 saturated heterocycles. The minimum absolute atomic E-state index is 0.123. The van der Waals surface area contributed by atoms with E-state index in [1.54, 1.807) is 35.6 Å². The molecule has 1 aromatic heterocycles. The van der Waals surface area contributed by atoms with E-state index in [4.69, 9.17) is 4.74 Å². The maximum absolute atomic E-state index is 11.8. The Morgan fingerprint density at radius 2 is 2.00 bits per heavy atom. The maximum Gasteiger partial charge on any atom is 0.310 e. The number of hydrogen-bond donors (Lipinski definition) is 1. The fourth-order valence-corrected chi connectivity index (χ4v) is 2.59. The number of carbonyl (C=O) groups is 2. The van der Waals surface area contributed by atoms with Crippen molar-refractivity contribution in [3.63, 3.8) is 0 Å². The largest absolute Gasteiger partial charge is 0.459 e. The van der Waals surface area contributed by atoms with Gasteiger partial charge in [-0.1, -0.05) is 19.1 Å². The average Bonchev–Trinajstić information content (AvgIpc) is 2.95.